The SMILES string of the molecule is COC(=O)C(C)(C)c1cn2c(=O)c(Br)c(C)n(Cc3ccccc3F)c2n1. The first-order valence-electron chi connectivity index (χ1n) is 8.28. The first-order valence-corrected chi connectivity index (χ1v) is 9.08. The van der Waals surface area contributed by atoms with Gasteiger partial charge in [0.25, 0.3) is 5.56 Å². The van der Waals surface area contributed by atoms with Crippen LogP contribution in [0.2, 0.25) is 0 Å². The number of benzene rings is 1. The van der Waals surface area contributed by atoms with Crippen molar-refractivity contribution in [1.82, 2.24) is 14.0 Å². The lowest BCUT2D eigenvalue weighted by atomic mass is 9.90. The minimum atomic E-state index is -1.04. The molecule has 0 bridgehead atoms. The molecule has 0 aliphatic heterocycles. The zero-order valence-corrected chi connectivity index (χ0v) is 17.0. The van der Waals surface area contributed by atoms with Crippen LogP contribution < -0.4 is 5.56 Å². The molecule has 2 aromatic heterocycles. The summed E-state index contributed by atoms with van der Waals surface area (Å²) in [6.07, 6.45) is 1.52. The number of halogens is 2. The molecule has 0 aliphatic rings. The molecule has 6 nitrogen and oxygen atoms in total. The van der Waals surface area contributed by atoms with E-state index in [1.807, 2.05) is 0 Å². The summed E-state index contributed by atoms with van der Waals surface area (Å²) in [5, 5.41) is 0. The minimum Gasteiger partial charge on any atom is -0.468 e. The molecule has 2 heterocycles. The molecule has 0 spiro atoms. The van der Waals surface area contributed by atoms with E-state index in [-0.39, 0.29) is 17.9 Å². The second-order valence-electron chi connectivity index (χ2n) is 6.79. The Morgan fingerprint density at radius 3 is 2.63 bits per heavy atom. The average Bonchev–Trinajstić information content (AvgIpc) is 3.10. The number of hydrogen-bond acceptors (Lipinski definition) is 4. The van der Waals surface area contributed by atoms with Gasteiger partial charge in [-0.1, -0.05) is 18.2 Å². The predicted molar refractivity (Wildman–Crippen MR) is 102 cm³/mol. The molecule has 0 radical (unpaired) electrons. The highest BCUT2D eigenvalue weighted by atomic mass is 79.9. The van der Waals surface area contributed by atoms with Crippen LogP contribution in [-0.4, -0.2) is 27.0 Å². The van der Waals surface area contributed by atoms with Gasteiger partial charge in [-0.15, -0.1) is 0 Å². The number of fused-ring (bicyclic) bond motifs is 1. The maximum Gasteiger partial charge on any atom is 0.317 e. The summed E-state index contributed by atoms with van der Waals surface area (Å²) < 4.78 is 22.5. The van der Waals surface area contributed by atoms with Gasteiger partial charge in [-0.05, 0) is 42.8 Å². The van der Waals surface area contributed by atoms with Crippen molar-refractivity contribution in [2.24, 2.45) is 0 Å². The van der Waals surface area contributed by atoms with E-state index in [1.54, 1.807) is 43.5 Å². The van der Waals surface area contributed by atoms with Gasteiger partial charge in [0, 0.05) is 17.5 Å². The van der Waals surface area contributed by atoms with Gasteiger partial charge in [0.2, 0.25) is 5.78 Å². The van der Waals surface area contributed by atoms with E-state index in [0.29, 0.717) is 27.2 Å². The maximum atomic E-state index is 14.2. The van der Waals surface area contributed by atoms with Gasteiger partial charge in [0.15, 0.2) is 0 Å². The fraction of sp³-hybridized carbons (Fsp3) is 0.316. The van der Waals surface area contributed by atoms with E-state index in [1.165, 1.54) is 23.8 Å². The molecule has 8 heteroatoms. The molecule has 0 N–H and O–H groups in total. The highest BCUT2D eigenvalue weighted by molar-refractivity contribution is 9.10. The molecule has 0 atom stereocenters. The Morgan fingerprint density at radius 1 is 1.33 bits per heavy atom. The van der Waals surface area contributed by atoms with Crippen LogP contribution in [0.15, 0.2) is 39.7 Å². The summed E-state index contributed by atoms with van der Waals surface area (Å²) in [6, 6.07) is 6.44. The highest BCUT2D eigenvalue weighted by Gasteiger charge is 2.34. The Balaban J connectivity index is 2.26. The molecule has 0 amide bonds. The predicted octanol–water partition coefficient (Wildman–Crippen LogP) is 3.20. The number of carbonyl (C=O) groups excluding carboxylic acids is 1. The largest absolute Gasteiger partial charge is 0.468 e. The average molecular weight is 436 g/mol. The first kappa shape index (κ1) is 19.3. The number of rotatable bonds is 4. The Bertz CT molecular complexity index is 1100. The summed E-state index contributed by atoms with van der Waals surface area (Å²) >= 11 is 3.32. The molecule has 0 fully saturated rings. The zero-order valence-electron chi connectivity index (χ0n) is 15.4. The van der Waals surface area contributed by atoms with Crippen LogP contribution >= 0.6 is 15.9 Å². The number of esters is 1. The monoisotopic (exact) mass is 435 g/mol. The molecule has 3 aromatic rings. The molecule has 0 saturated heterocycles. The summed E-state index contributed by atoms with van der Waals surface area (Å²) in [4.78, 5) is 29.3. The Kier molecular flexibility index (Phi) is 4.94. The van der Waals surface area contributed by atoms with Crippen LogP contribution in [0.25, 0.3) is 5.78 Å². The molecule has 27 heavy (non-hydrogen) atoms. The van der Waals surface area contributed by atoms with Gasteiger partial charge in [-0.25, -0.2) is 9.37 Å². The van der Waals surface area contributed by atoms with Crippen molar-refractivity contribution in [2.75, 3.05) is 7.11 Å². The minimum absolute atomic E-state index is 0.190. The van der Waals surface area contributed by atoms with Gasteiger partial charge >= 0.3 is 5.97 Å². The third kappa shape index (κ3) is 3.18. The molecule has 0 saturated carbocycles. The summed E-state index contributed by atoms with van der Waals surface area (Å²) in [5.41, 5.74) is 0.139. The van der Waals surface area contributed by atoms with Crippen LogP contribution in [0.1, 0.15) is 30.8 Å². The quantitative estimate of drug-likeness (QED) is 0.590. The molecule has 142 valence electrons. The lowest BCUT2D eigenvalue weighted by molar-refractivity contribution is -0.146. The second-order valence-corrected chi connectivity index (χ2v) is 7.59. The molecule has 3 rings (SSSR count). The molecular formula is C19H19BrFN3O3. The number of carbonyl (C=O) groups is 1. The standard InChI is InChI=1S/C19H19BrFN3O3/c1-11-15(20)16(25)24-10-14(19(2,3)17(26)27-4)22-18(24)23(11)9-12-7-5-6-8-13(12)21/h5-8,10H,9H2,1-4H3. The van der Waals surface area contributed by atoms with Crippen LogP contribution in [0.5, 0.6) is 0 Å². The van der Waals surface area contributed by atoms with E-state index in [2.05, 4.69) is 20.9 Å². The fourth-order valence-corrected chi connectivity index (χ4v) is 3.29. The summed E-state index contributed by atoms with van der Waals surface area (Å²) in [6.45, 7) is 5.30. The van der Waals surface area contributed by atoms with Crippen LogP contribution in [0.3, 0.4) is 0 Å². The van der Waals surface area contributed by atoms with Gasteiger partial charge in [0.05, 0.1) is 19.3 Å². The topological polar surface area (TPSA) is 65.6 Å². The van der Waals surface area contributed by atoms with E-state index in [0.717, 1.165) is 0 Å². The Hall–Kier alpha value is -2.48. The second kappa shape index (κ2) is 6.92. The van der Waals surface area contributed by atoms with Crippen molar-refractivity contribution >= 4 is 27.7 Å². The molecular weight excluding hydrogens is 417 g/mol. The summed E-state index contributed by atoms with van der Waals surface area (Å²) in [5.74, 6) is -0.475. The van der Waals surface area contributed by atoms with Crippen molar-refractivity contribution < 1.29 is 13.9 Å². The number of ether oxygens (including phenoxy) is 1. The third-order valence-corrected chi connectivity index (χ3v) is 5.59. The van der Waals surface area contributed by atoms with E-state index >= 15 is 0 Å². The zero-order chi connectivity index (χ0) is 19.9. The molecule has 1 aromatic carbocycles. The molecule has 0 unspecified atom stereocenters. The summed E-state index contributed by atoms with van der Waals surface area (Å²) in [7, 11) is 1.30. The molecule has 0 aliphatic carbocycles. The lowest BCUT2D eigenvalue weighted by Gasteiger charge is -2.18. The maximum absolute atomic E-state index is 14.2. The normalized spacial score (nSPS) is 11.8. The van der Waals surface area contributed by atoms with Crippen molar-refractivity contribution in [3.63, 3.8) is 0 Å². The van der Waals surface area contributed by atoms with E-state index in [4.69, 9.17) is 4.74 Å². The van der Waals surface area contributed by atoms with Gasteiger partial charge in [-0.3, -0.25) is 14.0 Å². The highest BCUT2D eigenvalue weighted by Crippen LogP contribution is 2.25. The lowest BCUT2D eigenvalue weighted by Crippen LogP contribution is -2.30. The van der Waals surface area contributed by atoms with E-state index < -0.39 is 11.4 Å². The van der Waals surface area contributed by atoms with Gasteiger partial charge < -0.3 is 9.30 Å². The van der Waals surface area contributed by atoms with Crippen LogP contribution in [0, 0.1) is 12.7 Å². The Labute approximate surface area is 163 Å². The van der Waals surface area contributed by atoms with Crippen molar-refractivity contribution in [3.05, 3.63) is 68.1 Å². The number of aromatic nitrogens is 3. The fourth-order valence-electron chi connectivity index (χ4n) is 2.89. The van der Waals surface area contributed by atoms with Gasteiger partial charge in [0.1, 0.15) is 15.7 Å². The Morgan fingerprint density at radius 2 is 2.00 bits per heavy atom. The number of hydrogen-bond donors (Lipinski definition) is 0. The van der Waals surface area contributed by atoms with Crippen LogP contribution in [0.4, 0.5) is 4.39 Å². The van der Waals surface area contributed by atoms with Crippen molar-refractivity contribution in [2.45, 2.75) is 32.7 Å². The first-order chi connectivity index (χ1) is 12.7. The van der Waals surface area contributed by atoms with Crippen LogP contribution in [-0.2, 0) is 21.5 Å². The number of methoxy groups -OCH3 is 1. The smallest absolute Gasteiger partial charge is 0.317 e. The third-order valence-electron chi connectivity index (χ3n) is 4.68. The van der Waals surface area contributed by atoms with Gasteiger partial charge in [-0.2, -0.15) is 0 Å². The van der Waals surface area contributed by atoms with Crippen molar-refractivity contribution in [3.8, 4) is 0 Å². The van der Waals surface area contributed by atoms with E-state index in [9.17, 15) is 14.0 Å². The van der Waals surface area contributed by atoms with Crippen molar-refractivity contribution in [1.29, 1.82) is 0 Å². The number of nitrogens with zero attached hydrogens (tertiary/aromatic N) is 3. The number of imidazole rings is 1.